The number of halogens is 6. The van der Waals surface area contributed by atoms with Gasteiger partial charge in [0.25, 0.3) is 0 Å². The van der Waals surface area contributed by atoms with E-state index in [2.05, 4.69) is 109 Å². The van der Waals surface area contributed by atoms with Gasteiger partial charge in [-0.1, -0.05) is 38.1 Å². The fourth-order valence-electron chi connectivity index (χ4n) is 3.75. The average Bonchev–Trinajstić information content (AvgIpc) is 2.88. The molecule has 0 aliphatic rings. The van der Waals surface area contributed by atoms with E-state index in [-0.39, 0.29) is 0 Å². The topological polar surface area (TPSA) is 52.6 Å². The number of benzene rings is 4. The van der Waals surface area contributed by atoms with Crippen molar-refractivity contribution in [2.75, 3.05) is 0 Å². The van der Waals surface area contributed by atoms with E-state index in [1.54, 1.807) is 36.4 Å². The van der Waals surface area contributed by atoms with Gasteiger partial charge < -0.3 is 9.47 Å². The Kier molecular flexibility index (Phi) is 9.98. The SMILES string of the molecule is CC(C)(c1cc(Br)c(OC(=O)c2ccccc2Br)c(Br)c1)c1cc(Br)c(OC(=O)c2ccccc2Br)c(Br)c1. The average molecular weight is 910 g/mol. The van der Waals surface area contributed by atoms with Gasteiger partial charge in [-0.15, -0.1) is 0 Å². The Morgan fingerprint density at radius 1 is 0.538 bits per heavy atom. The monoisotopic (exact) mass is 904 g/mol. The minimum atomic E-state index is -0.480. The molecule has 0 aliphatic heterocycles. The summed E-state index contributed by atoms with van der Waals surface area (Å²) in [6, 6.07) is 21.9. The zero-order valence-corrected chi connectivity index (χ0v) is 29.8. The molecule has 4 rings (SSSR count). The normalized spacial score (nSPS) is 11.3. The number of hydrogen-bond acceptors (Lipinski definition) is 4. The molecule has 10 heteroatoms. The van der Waals surface area contributed by atoms with Crippen LogP contribution in [0.25, 0.3) is 0 Å². The molecule has 0 heterocycles. The first-order valence-electron chi connectivity index (χ1n) is 11.3. The van der Waals surface area contributed by atoms with Crippen LogP contribution in [0.15, 0.2) is 99.6 Å². The molecule has 200 valence electrons. The van der Waals surface area contributed by atoms with Gasteiger partial charge >= 0.3 is 11.9 Å². The molecule has 0 unspecified atom stereocenters. The smallest absolute Gasteiger partial charge is 0.344 e. The molecule has 0 aromatic heterocycles. The van der Waals surface area contributed by atoms with Crippen LogP contribution in [-0.4, -0.2) is 11.9 Å². The van der Waals surface area contributed by atoms with E-state index < -0.39 is 17.4 Å². The molecule has 0 aliphatic carbocycles. The number of hydrogen-bond donors (Lipinski definition) is 0. The van der Waals surface area contributed by atoms with Gasteiger partial charge in [-0.2, -0.15) is 0 Å². The standard InChI is InChI=1S/C29H18Br6O4/c1-29(2,15-11-21(32)25(22(33)12-15)38-27(36)17-7-3-5-9-19(17)30)16-13-23(34)26(24(35)14-16)39-28(37)18-8-4-6-10-20(18)31/h3-14H,1-2H3. The second kappa shape index (κ2) is 12.7. The number of rotatable bonds is 6. The van der Waals surface area contributed by atoms with E-state index in [1.165, 1.54) is 0 Å². The van der Waals surface area contributed by atoms with Gasteiger partial charge in [0.1, 0.15) is 0 Å². The highest BCUT2D eigenvalue weighted by Gasteiger charge is 2.28. The zero-order chi connectivity index (χ0) is 28.5. The van der Waals surface area contributed by atoms with Crippen molar-refractivity contribution in [2.24, 2.45) is 0 Å². The fraction of sp³-hybridized carbons (Fsp3) is 0.103. The summed E-state index contributed by atoms with van der Waals surface area (Å²) in [4.78, 5) is 25.6. The number of esters is 2. The number of ether oxygens (including phenoxy) is 2. The highest BCUT2D eigenvalue weighted by Crippen LogP contribution is 2.44. The molecule has 0 saturated carbocycles. The van der Waals surface area contributed by atoms with Crippen molar-refractivity contribution in [3.05, 3.63) is 122 Å². The quantitative estimate of drug-likeness (QED) is 0.143. The minimum absolute atomic E-state index is 0.381. The van der Waals surface area contributed by atoms with Crippen molar-refractivity contribution in [3.8, 4) is 11.5 Å². The first-order chi connectivity index (χ1) is 18.4. The molecule has 0 bridgehead atoms. The predicted octanol–water partition coefficient (Wildman–Crippen LogP) is 11.0. The van der Waals surface area contributed by atoms with Gasteiger partial charge in [-0.05, 0) is 155 Å². The molecule has 0 spiro atoms. The second-order valence-electron chi connectivity index (χ2n) is 8.90. The maximum absolute atomic E-state index is 12.8. The lowest BCUT2D eigenvalue weighted by Crippen LogP contribution is -2.20. The summed E-state index contributed by atoms with van der Waals surface area (Å²) >= 11 is 21.1. The van der Waals surface area contributed by atoms with Crippen LogP contribution in [0, 0.1) is 0 Å². The van der Waals surface area contributed by atoms with Crippen LogP contribution in [-0.2, 0) is 5.41 Å². The van der Waals surface area contributed by atoms with Gasteiger partial charge in [0.05, 0.1) is 29.0 Å². The van der Waals surface area contributed by atoms with E-state index in [9.17, 15) is 9.59 Å². The Labute approximate surface area is 276 Å². The summed E-state index contributed by atoms with van der Waals surface area (Å²) < 4.78 is 15.2. The summed E-state index contributed by atoms with van der Waals surface area (Å²) in [6.07, 6.45) is 0. The molecule has 0 N–H and O–H groups in total. The summed E-state index contributed by atoms with van der Waals surface area (Å²) in [5.74, 6) is -0.188. The molecule has 0 atom stereocenters. The first-order valence-corrected chi connectivity index (χ1v) is 16.1. The van der Waals surface area contributed by atoms with Crippen molar-refractivity contribution in [3.63, 3.8) is 0 Å². The lowest BCUT2D eigenvalue weighted by molar-refractivity contribution is 0.0721. The van der Waals surface area contributed by atoms with Crippen molar-refractivity contribution in [1.29, 1.82) is 0 Å². The number of carbonyl (C=O) groups is 2. The van der Waals surface area contributed by atoms with E-state index >= 15 is 0 Å². The van der Waals surface area contributed by atoms with Crippen LogP contribution < -0.4 is 9.47 Å². The van der Waals surface area contributed by atoms with E-state index in [4.69, 9.17) is 9.47 Å². The molecular formula is C29H18Br6O4. The van der Waals surface area contributed by atoms with Gasteiger partial charge in [0, 0.05) is 14.4 Å². The van der Waals surface area contributed by atoms with Crippen LogP contribution in [0.4, 0.5) is 0 Å². The fourth-order valence-corrected chi connectivity index (χ4v) is 7.34. The largest absolute Gasteiger partial charge is 0.420 e. The lowest BCUT2D eigenvalue weighted by Gasteiger charge is -2.28. The van der Waals surface area contributed by atoms with Gasteiger partial charge in [0.2, 0.25) is 0 Å². The first kappa shape index (κ1) is 30.7. The summed E-state index contributed by atoms with van der Waals surface area (Å²) in [5, 5.41) is 0. The maximum atomic E-state index is 12.8. The molecule has 4 aromatic carbocycles. The Morgan fingerprint density at radius 3 is 1.15 bits per heavy atom. The highest BCUT2D eigenvalue weighted by molar-refractivity contribution is 9.11. The predicted molar refractivity (Wildman–Crippen MR) is 174 cm³/mol. The Balaban J connectivity index is 1.62. The third kappa shape index (κ3) is 6.79. The van der Waals surface area contributed by atoms with Crippen LogP contribution in [0.3, 0.4) is 0 Å². The Morgan fingerprint density at radius 2 is 0.846 bits per heavy atom. The lowest BCUT2D eigenvalue weighted by atomic mass is 9.78. The third-order valence-corrected chi connectivity index (χ3v) is 9.76. The van der Waals surface area contributed by atoms with Gasteiger partial charge in [-0.25, -0.2) is 9.59 Å². The summed E-state index contributed by atoms with van der Waals surface area (Å²) in [6.45, 7) is 4.16. The molecule has 0 saturated heterocycles. The summed E-state index contributed by atoms with van der Waals surface area (Å²) in [5.41, 5.74) is 2.29. The van der Waals surface area contributed by atoms with Crippen molar-refractivity contribution in [2.45, 2.75) is 19.3 Å². The molecule has 0 fully saturated rings. The number of carbonyl (C=O) groups excluding carboxylic acids is 2. The molecule has 4 aromatic rings. The third-order valence-electron chi connectivity index (χ3n) is 6.02. The molecular weight excluding hydrogens is 892 g/mol. The van der Waals surface area contributed by atoms with E-state index in [0.717, 1.165) is 11.1 Å². The van der Waals surface area contributed by atoms with Crippen LogP contribution >= 0.6 is 95.6 Å². The minimum Gasteiger partial charge on any atom is -0.420 e. The van der Waals surface area contributed by atoms with Crippen molar-refractivity contribution < 1.29 is 19.1 Å². The highest BCUT2D eigenvalue weighted by atomic mass is 79.9. The Hall–Kier alpha value is -1.30. The molecule has 0 amide bonds. The van der Waals surface area contributed by atoms with Gasteiger partial charge in [0.15, 0.2) is 11.5 Å². The molecule has 4 nitrogen and oxygen atoms in total. The maximum Gasteiger partial charge on any atom is 0.344 e. The second-order valence-corrected chi connectivity index (χ2v) is 14.0. The van der Waals surface area contributed by atoms with Crippen molar-refractivity contribution >= 4 is 108 Å². The van der Waals surface area contributed by atoms with Crippen molar-refractivity contribution in [1.82, 2.24) is 0 Å². The van der Waals surface area contributed by atoms with E-state index in [1.807, 2.05) is 36.4 Å². The Bertz CT molecular complexity index is 1440. The zero-order valence-electron chi connectivity index (χ0n) is 20.3. The van der Waals surface area contributed by atoms with Gasteiger partial charge in [-0.3, -0.25) is 0 Å². The molecule has 39 heavy (non-hydrogen) atoms. The van der Waals surface area contributed by atoms with Crippen LogP contribution in [0.5, 0.6) is 11.5 Å². The van der Waals surface area contributed by atoms with E-state index in [0.29, 0.717) is 49.5 Å². The van der Waals surface area contributed by atoms with Crippen LogP contribution in [0.2, 0.25) is 0 Å². The molecule has 0 radical (unpaired) electrons. The van der Waals surface area contributed by atoms with Crippen LogP contribution in [0.1, 0.15) is 45.7 Å². The summed E-state index contributed by atoms with van der Waals surface area (Å²) in [7, 11) is 0.